The summed E-state index contributed by atoms with van der Waals surface area (Å²) in [6.45, 7) is 3.35. The Labute approximate surface area is 114 Å². The summed E-state index contributed by atoms with van der Waals surface area (Å²) in [5.74, 6) is -2.30. The first-order valence-electron chi connectivity index (χ1n) is 5.76. The lowest BCUT2D eigenvalue weighted by atomic mass is 10.1. The fourth-order valence-electron chi connectivity index (χ4n) is 1.53. The fourth-order valence-corrected chi connectivity index (χ4v) is 2.68. The molecule has 1 N–H and O–H groups in total. The van der Waals surface area contributed by atoms with Gasteiger partial charge in [-0.05, 0) is 19.4 Å². The Morgan fingerprint density at radius 1 is 1.26 bits per heavy atom. The van der Waals surface area contributed by atoms with Gasteiger partial charge in [-0.2, -0.15) is 0 Å². The van der Waals surface area contributed by atoms with Crippen molar-refractivity contribution in [3.8, 4) is 0 Å². The van der Waals surface area contributed by atoms with Crippen molar-refractivity contribution >= 4 is 22.7 Å². The zero-order valence-corrected chi connectivity index (χ0v) is 11.6. The minimum atomic E-state index is -1.86. The molecule has 0 aromatic heterocycles. The van der Waals surface area contributed by atoms with Gasteiger partial charge in [0.25, 0.3) is 0 Å². The van der Waals surface area contributed by atoms with Crippen LogP contribution >= 0.6 is 0 Å². The molecule has 2 unspecified atom stereocenters. The van der Waals surface area contributed by atoms with Gasteiger partial charge in [0, 0.05) is 0 Å². The van der Waals surface area contributed by atoms with E-state index in [2.05, 4.69) is 0 Å². The van der Waals surface area contributed by atoms with E-state index in [1.165, 1.54) is 0 Å². The first-order valence-corrected chi connectivity index (χ1v) is 7.14. The molecule has 1 rings (SSSR count). The molecule has 0 aliphatic rings. The molecule has 0 saturated heterocycles. The zero-order valence-electron chi connectivity index (χ0n) is 10.7. The molecular formula is C13H16O5S. The lowest BCUT2D eigenvalue weighted by Gasteiger charge is -2.13. The van der Waals surface area contributed by atoms with Crippen LogP contribution in [-0.4, -0.2) is 33.1 Å². The predicted molar refractivity (Wildman–Crippen MR) is 71.1 cm³/mol. The van der Waals surface area contributed by atoms with E-state index in [1.54, 1.807) is 44.2 Å². The van der Waals surface area contributed by atoms with Crippen LogP contribution in [0.15, 0.2) is 30.3 Å². The molecule has 19 heavy (non-hydrogen) atoms. The first kappa shape index (κ1) is 15.4. The molecule has 1 aromatic carbocycles. The number of carboxylic acids is 1. The van der Waals surface area contributed by atoms with Crippen molar-refractivity contribution in [3.05, 3.63) is 35.9 Å². The Morgan fingerprint density at radius 3 is 2.32 bits per heavy atom. The minimum Gasteiger partial charge on any atom is -0.480 e. The second-order valence-electron chi connectivity index (χ2n) is 4.19. The molecule has 0 bridgehead atoms. The van der Waals surface area contributed by atoms with Gasteiger partial charge in [-0.25, -0.2) is 0 Å². The van der Waals surface area contributed by atoms with Crippen molar-refractivity contribution in [3.63, 3.8) is 0 Å². The normalized spacial score (nSPS) is 13.8. The molecule has 0 spiro atoms. The quantitative estimate of drug-likeness (QED) is 0.801. The first-order chi connectivity index (χ1) is 8.91. The Kier molecular flexibility index (Phi) is 5.69. The smallest absolute Gasteiger partial charge is 0.323 e. The number of esters is 1. The molecule has 0 aliphatic carbocycles. The third kappa shape index (κ3) is 4.82. The summed E-state index contributed by atoms with van der Waals surface area (Å²) in [6.07, 6.45) is -0.315. The number of carboxylic acid groups (broad SMARTS) is 1. The maximum atomic E-state index is 12.0. The lowest BCUT2D eigenvalue weighted by Crippen LogP contribution is -2.25. The van der Waals surface area contributed by atoms with Crippen molar-refractivity contribution in [2.75, 3.05) is 5.75 Å². The molecule has 6 heteroatoms. The summed E-state index contributed by atoms with van der Waals surface area (Å²) in [5.41, 5.74) is 0.408. The molecule has 0 saturated carbocycles. The van der Waals surface area contributed by atoms with E-state index in [4.69, 9.17) is 9.84 Å². The van der Waals surface area contributed by atoms with E-state index in [0.717, 1.165) is 0 Å². The van der Waals surface area contributed by atoms with Crippen LogP contribution in [0.3, 0.4) is 0 Å². The summed E-state index contributed by atoms with van der Waals surface area (Å²) in [7, 11) is -1.86. The summed E-state index contributed by atoms with van der Waals surface area (Å²) in [4.78, 5) is 22.6. The SMILES string of the molecule is CC(C)OC(=O)CS(=O)C(C(=O)O)c1ccccc1. The number of hydrogen-bond donors (Lipinski definition) is 1. The number of carbonyl (C=O) groups is 2. The van der Waals surface area contributed by atoms with Gasteiger partial charge in [0.1, 0.15) is 5.75 Å². The molecule has 104 valence electrons. The largest absolute Gasteiger partial charge is 0.480 e. The van der Waals surface area contributed by atoms with Crippen molar-refractivity contribution in [2.45, 2.75) is 25.2 Å². The maximum Gasteiger partial charge on any atom is 0.323 e. The highest BCUT2D eigenvalue weighted by molar-refractivity contribution is 7.86. The topological polar surface area (TPSA) is 80.7 Å². The highest BCUT2D eigenvalue weighted by Gasteiger charge is 2.28. The third-order valence-electron chi connectivity index (χ3n) is 2.22. The van der Waals surface area contributed by atoms with Crippen molar-refractivity contribution in [1.82, 2.24) is 0 Å². The molecule has 0 radical (unpaired) electrons. The predicted octanol–water partition coefficient (Wildman–Crippen LogP) is 1.51. The molecule has 2 atom stereocenters. The lowest BCUT2D eigenvalue weighted by molar-refractivity contribution is -0.144. The Hall–Kier alpha value is -1.69. The van der Waals surface area contributed by atoms with Crippen LogP contribution in [0, 0.1) is 0 Å². The molecule has 0 aliphatic heterocycles. The molecule has 0 heterocycles. The minimum absolute atomic E-state index is 0.315. The van der Waals surface area contributed by atoms with Gasteiger partial charge in [0.05, 0.1) is 16.9 Å². The van der Waals surface area contributed by atoms with Gasteiger partial charge in [-0.15, -0.1) is 0 Å². The van der Waals surface area contributed by atoms with Gasteiger partial charge in [0.15, 0.2) is 5.25 Å². The highest BCUT2D eigenvalue weighted by atomic mass is 32.2. The average Bonchev–Trinajstić information content (AvgIpc) is 2.28. The maximum absolute atomic E-state index is 12.0. The summed E-state index contributed by atoms with van der Waals surface area (Å²) < 4.78 is 16.9. The average molecular weight is 284 g/mol. The Morgan fingerprint density at radius 2 is 1.84 bits per heavy atom. The van der Waals surface area contributed by atoms with Crippen LogP contribution in [0.4, 0.5) is 0 Å². The van der Waals surface area contributed by atoms with Crippen molar-refractivity contribution in [1.29, 1.82) is 0 Å². The molecule has 5 nitrogen and oxygen atoms in total. The van der Waals surface area contributed by atoms with Crippen LogP contribution in [0.25, 0.3) is 0 Å². The standard InChI is InChI=1S/C13H16O5S/c1-9(2)18-11(14)8-19(17)12(13(15)16)10-6-4-3-5-7-10/h3-7,9,12H,8H2,1-2H3,(H,15,16). The van der Waals surface area contributed by atoms with E-state index in [-0.39, 0.29) is 6.10 Å². The molecule has 0 fully saturated rings. The fraction of sp³-hybridized carbons (Fsp3) is 0.385. The van der Waals surface area contributed by atoms with E-state index in [0.29, 0.717) is 5.56 Å². The summed E-state index contributed by atoms with van der Waals surface area (Å²) in [6, 6.07) is 8.21. The van der Waals surface area contributed by atoms with Crippen LogP contribution in [-0.2, 0) is 25.1 Å². The molecule has 1 aromatic rings. The van der Waals surface area contributed by atoms with Crippen molar-refractivity contribution < 1.29 is 23.6 Å². The third-order valence-corrected chi connectivity index (χ3v) is 3.74. The second-order valence-corrected chi connectivity index (χ2v) is 5.71. The zero-order chi connectivity index (χ0) is 14.4. The van der Waals surface area contributed by atoms with Gasteiger partial charge in [-0.1, -0.05) is 30.3 Å². The van der Waals surface area contributed by atoms with Gasteiger partial charge in [0.2, 0.25) is 0 Å². The number of carbonyl (C=O) groups excluding carboxylic acids is 1. The van der Waals surface area contributed by atoms with Gasteiger partial charge >= 0.3 is 11.9 Å². The number of rotatable bonds is 6. The monoisotopic (exact) mass is 284 g/mol. The van der Waals surface area contributed by atoms with Crippen LogP contribution < -0.4 is 0 Å². The molecular weight excluding hydrogens is 268 g/mol. The Bertz CT molecular complexity index is 469. The second kappa shape index (κ2) is 7.04. The van der Waals surface area contributed by atoms with Crippen LogP contribution in [0.1, 0.15) is 24.7 Å². The number of hydrogen-bond acceptors (Lipinski definition) is 4. The number of ether oxygens (including phenoxy) is 1. The number of aliphatic carboxylic acids is 1. The van der Waals surface area contributed by atoms with Gasteiger partial charge < -0.3 is 9.84 Å². The van der Waals surface area contributed by atoms with E-state index < -0.39 is 33.7 Å². The summed E-state index contributed by atoms with van der Waals surface area (Å²) in [5, 5.41) is 7.93. The summed E-state index contributed by atoms with van der Waals surface area (Å²) >= 11 is 0. The van der Waals surface area contributed by atoms with E-state index >= 15 is 0 Å². The van der Waals surface area contributed by atoms with Crippen LogP contribution in [0.2, 0.25) is 0 Å². The highest BCUT2D eigenvalue weighted by Crippen LogP contribution is 2.20. The molecule has 0 amide bonds. The van der Waals surface area contributed by atoms with Gasteiger partial charge in [-0.3, -0.25) is 13.8 Å². The van der Waals surface area contributed by atoms with Crippen molar-refractivity contribution in [2.24, 2.45) is 0 Å². The van der Waals surface area contributed by atoms with E-state index in [9.17, 15) is 13.8 Å². The van der Waals surface area contributed by atoms with Crippen LogP contribution in [0.5, 0.6) is 0 Å². The Balaban J connectivity index is 2.81. The van der Waals surface area contributed by atoms with E-state index in [1.807, 2.05) is 0 Å². The number of benzene rings is 1.